The number of hydrogen-bond donors (Lipinski definition) is 2. The molecule has 0 saturated carbocycles. The summed E-state index contributed by atoms with van der Waals surface area (Å²) in [4.78, 5) is 26.9. The number of nitrogens with zero attached hydrogens (tertiary/aromatic N) is 4. The van der Waals surface area contributed by atoms with Crippen LogP contribution < -0.4 is 10.2 Å². The van der Waals surface area contributed by atoms with Crippen molar-refractivity contribution in [3.8, 4) is 0 Å². The maximum Gasteiger partial charge on any atom is 0.407 e. The van der Waals surface area contributed by atoms with E-state index < -0.39 is 6.09 Å². The molecule has 8 nitrogen and oxygen atoms in total. The summed E-state index contributed by atoms with van der Waals surface area (Å²) >= 11 is 0. The van der Waals surface area contributed by atoms with E-state index in [2.05, 4.69) is 15.5 Å². The number of benzene rings is 1. The molecular weight excluding hydrogens is 358 g/mol. The lowest BCUT2D eigenvalue weighted by Crippen LogP contribution is -2.52. The fraction of sp³-hybridized carbons (Fsp3) is 0.400. The Morgan fingerprint density at radius 2 is 1.79 bits per heavy atom. The van der Waals surface area contributed by atoms with Gasteiger partial charge in [0.25, 0.3) is 0 Å². The molecule has 0 aliphatic carbocycles. The van der Waals surface area contributed by atoms with E-state index in [1.807, 2.05) is 41.3 Å². The van der Waals surface area contributed by atoms with Crippen LogP contribution in [0.1, 0.15) is 24.3 Å². The van der Waals surface area contributed by atoms with Crippen molar-refractivity contribution in [2.45, 2.75) is 18.8 Å². The van der Waals surface area contributed by atoms with Crippen molar-refractivity contribution in [1.82, 2.24) is 15.1 Å². The fourth-order valence-corrected chi connectivity index (χ4v) is 3.78. The molecule has 1 aromatic heterocycles. The number of carboxylic acid groups (broad SMARTS) is 1. The van der Waals surface area contributed by atoms with Gasteiger partial charge in [-0.3, -0.25) is 4.79 Å². The van der Waals surface area contributed by atoms with Gasteiger partial charge in [-0.1, -0.05) is 12.1 Å². The Labute approximate surface area is 163 Å². The maximum atomic E-state index is 12.4. The van der Waals surface area contributed by atoms with Gasteiger partial charge in [0.15, 0.2) is 5.82 Å². The number of nitrogens with one attached hydrogen (secondary N) is 1. The van der Waals surface area contributed by atoms with Crippen LogP contribution in [0.3, 0.4) is 0 Å². The van der Waals surface area contributed by atoms with Gasteiger partial charge in [-0.15, -0.1) is 5.10 Å². The largest absolute Gasteiger partial charge is 0.465 e. The summed E-state index contributed by atoms with van der Waals surface area (Å²) in [5.41, 5.74) is 1.98. The summed E-state index contributed by atoms with van der Waals surface area (Å²) in [6, 6.07) is 11.6. The second-order valence-electron chi connectivity index (χ2n) is 7.34. The number of rotatable bonds is 4. The zero-order valence-electron chi connectivity index (χ0n) is 15.5. The molecule has 2 N–H and O–H groups in total. The van der Waals surface area contributed by atoms with Crippen molar-refractivity contribution in [1.29, 1.82) is 0 Å². The first-order valence-corrected chi connectivity index (χ1v) is 9.51. The van der Waals surface area contributed by atoms with Crippen LogP contribution in [-0.2, 0) is 4.79 Å². The Bertz CT molecular complexity index is 829. The van der Waals surface area contributed by atoms with Gasteiger partial charge >= 0.3 is 6.09 Å². The Morgan fingerprint density at radius 3 is 2.39 bits per heavy atom. The average molecular weight is 381 g/mol. The SMILES string of the molecule is O=C(Nc1ccc(C2CCN(C(=O)O)CC2)cc1)C1CN(c2cccnn2)C1. The molecule has 3 heterocycles. The molecular formula is C20H23N5O3. The lowest BCUT2D eigenvalue weighted by Gasteiger charge is -2.38. The Balaban J connectivity index is 1.27. The molecule has 0 atom stereocenters. The first-order chi connectivity index (χ1) is 13.6. The first kappa shape index (κ1) is 18.2. The van der Waals surface area contributed by atoms with Crippen molar-refractivity contribution in [2.24, 2.45) is 5.92 Å². The molecule has 146 valence electrons. The Hall–Kier alpha value is -3.16. The van der Waals surface area contributed by atoms with Gasteiger partial charge in [-0.05, 0) is 48.6 Å². The summed E-state index contributed by atoms with van der Waals surface area (Å²) in [5.74, 6) is 1.13. The second-order valence-corrected chi connectivity index (χ2v) is 7.34. The first-order valence-electron chi connectivity index (χ1n) is 9.51. The molecule has 2 fully saturated rings. The van der Waals surface area contributed by atoms with Gasteiger partial charge in [0.1, 0.15) is 0 Å². The summed E-state index contributed by atoms with van der Waals surface area (Å²) in [6.07, 6.45) is 2.45. The topological polar surface area (TPSA) is 98.7 Å². The van der Waals surface area contributed by atoms with Gasteiger partial charge in [0.05, 0.1) is 5.92 Å². The highest BCUT2D eigenvalue weighted by molar-refractivity contribution is 5.94. The lowest BCUT2D eigenvalue weighted by atomic mass is 9.89. The molecule has 2 saturated heterocycles. The smallest absolute Gasteiger partial charge is 0.407 e. The van der Waals surface area contributed by atoms with E-state index in [0.717, 1.165) is 24.3 Å². The molecule has 2 aliphatic heterocycles. The monoisotopic (exact) mass is 381 g/mol. The predicted octanol–water partition coefficient (Wildman–Crippen LogP) is 2.41. The van der Waals surface area contributed by atoms with E-state index in [4.69, 9.17) is 5.11 Å². The van der Waals surface area contributed by atoms with Gasteiger partial charge in [-0.25, -0.2) is 4.79 Å². The third kappa shape index (κ3) is 3.90. The van der Waals surface area contributed by atoms with E-state index in [1.54, 1.807) is 6.20 Å². The van der Waals surface area contributed by atoms with Crippen molar-refractivity contribution >= 4 is 23.5 Å². The van der Waals surface area contributed by atoms with Crippen LogP contribution >= 0.6 is 0 Å². The van der Waals surface area contributed by atoms with E-state index in [-0.39, 0.29) is 11.8 Å². The Morgan fingerprint density at radius 1 is 1.07 bits per heavy atom. The van der Waals surface area contributed by atoms with Crippen LogP contribution in [0.5, 0.6) is 0 Å². The molecule has 0 unspecified atom stereocenters. The minimum absolute atomic E-state index is 0.0163. The standard InChI is InChI=1S/C20H23N5O3/c26-19(16-12-25(13-16)18-2-1-9-21-23-18)22-17-5-3-14(4-6-17)15-7-10-24(11-8-15)20(27)28/h1-6,9,15-16H,7-8,10-13H2,(H,22,26)(H,27,28). The molecule has 2 aliphatic rings. The summed E-state index contributed by atoms with van der Waals surface area (Å²) < 4.78 is 0. The molecule has 0 bridgehead atoms. The highest BCUT2D eigenvalue weighted by Crippen LogP contribution is 2.29. The molecule has 8 heteroatoms. The maximum absolute atomic E-state index is 12.4. The zero-order valence-corrected chi connectivity index (χ0v) is 15.5. The molecule has 2 aromatic rings. The van der Waals surface area contributed by atoms with Crippen LogP contribution in [-0.4, -0.2) is 58.4 Å². The molecule has 0 spiro atoms. The van der Waals surface area contributed by atoms with Crippen molar-refractivity contribution in [3.63, 3.8) is 0 Å². The van der Waals surface area contributed by atoms with Gasteiger partial charge < -0.3 is 20.2 Å². The second kappa shape index (κ2) is 7.84. The number of hydrogen-bond acceptors (Lipinski definition) is 5. The minimum atomic E-state index is -0.842. The fourth-order valence-electron chi connectivity index (χ4n) is 3.78. The highest BCUT2D eigenvalue weighted by Gasteiger charge is 2.33. The van der Waals surface area contributed by atoms with Gasteiger partial charge in [0, 0.05) is 38.1 Å². The number of piperidine rings is 1. The molecule has 1 aromatic carbocycles. The van der Waals surface area contributed by atoms with Crippen LogP contribution in [0.25, 0.3) is 0 Å². The number of amides is 2. The quantitative estimate of drug-likeness (QED) is 0.844. The van der Waals surface area contributed by atoms with E-state index in [1.165, 1.54) is 10.5 Å². The molecule has 0 radical (unpaired) electrons. The number of carbonyl (C=O) groups is 2. The van der Waals surface area contributed by atoms with E-state index >= 15 is 0 Å². The van der Waals surface area contributed by atoms with Gasteiger partial charge in [0.2, 0.25) is 5.91 Å². The normalized spacial score (nSPS) is 17.9. The number of anilines is 2. The predicted molar refractivity (Wildman–Crippen MR) is 104 cm³/mol. The van der Waals surface area contributed by atoms with Crippen molar-refractivity contribution < 1.29 is 14.7 Å². The van der Waals surface area contributed by atoms with E-state index in [9.17, 15) is 9.59 Å². The lowest BCUT2D eigenvalue weighted by molar-refractivity contribution is -0.120. The summed E-state index contributed by atoms with van der Waals surface area (Å²) in [7, 11) is 0. The van der Waals surface area contributed by atoms with Crippen molar-refractivity contribution in [3.05, 3.63) is 48.2 Å². The highest BCUT2D eigenvalue weighted by atomic mass is 16.4. The zero-order chi connectivity index (χ0) is 19.5. The minimum Gasteiger partial charge on any atom is -0.465 e. The third-order valence-corrected chi connectivity index (χ3v) is 5.55. The van der Waals surface area contributed by atoms with Crippen molar-refractivity contribution in [2.75, 3.05) is 36.4 Å². The number of likely N-dealkylation sites (tertiary alicyclic amines) is 1. The molecule has 2 amide bonds. The van der Waals surface area contributed by atoms with Crippen LogP contribution in [0.15, 0.2) is 42.6 Å². The van der Waals surface area contributed by atoms with Crippen LogP contribution in [0.2, 0.25) is 0 Å². The number of aromatic nitrogens is 2. The summed E-state index contributed by atoms with van der Waals surface area (Å²) in [5, 5.41) is 19.9. The third-order valence-electron chi connectivity index (χ3n) is 5.55. The van der Waals surface area contributed by atoms with E-state index in [0.29, 0.717) is 32.1 Å². The molecule has 4 rings (SSSR count). The van der Waals surface area contributed by atoms with Crippen LogP contribution in [0, 0.1) is 5.92 Å². The Kier molecular flexibility index (Phi) is 5.10. The molecule has 28 heavy (non-hydrogen) atoms. The average Bonchev–Trinajstić information content (AvgIpc) is 2.68. The van der Waals surface area contributed by atoms with Gasteiger partial charge in [-0.2, -0.15) is 5.10 Å². The number of carbonyl (C=O) groups excluding carboxylic acids is 1. The van der Waals surface area contributed by atoms with Crippen LogP contribution in [0.4, 0.5) is 16.3 Å². The summed E-state index contributed by atoms with van der Waals surface area (Å²) in [6.45, 7) is 2.43.